The molecule has 0 saturated carbocycles. The largest absolute Gasteiger partial charge is 0.480 e. The molecule has 3 amide bonds. The number of hydrazine groups is 1. The van der Waals surface area contributed by atoms with Crippen LogP contribution in [0.15, 0.2) is 60.1 Å². The Hall–Kier alpha value is -6.08. The molecule has 4 N–H and O–H groups in total. The molecule has 0 aliphatic carbocycles. The molecule has 0 bridgehead atoms. The van der Waals surface area contributed by atoms with Crippen LogP contribution in [-0.4, -0.2) is 123 Å². The van der Waals surface area contributed by atoms with Crippen molar-refractivity contribution in [1.29, 1.82) is 0 Å². The number of anilines is 1. The molecular formula is C52H66N8O9S. The van der Waals surface area contributed by atoms with Crippen LogP contribution in [0.4, 0.5) is 15.3 Å². The van der Waals surface area contributed by atoms with Crippen LogP contribution < -0.4 is 15.6 Å². The molecule has 3 aliphatic heterocycles. The Balaban J connectivity index is 1.13. The van der Waals surface area contributed by atoms with Gasteiger partial charge < -0.3 is 44.1 Å². The molecule has 6 heterocycles. The molecule has 2 aromatic carbocycles. The number of carboxylic acid groups (broad SMARTS) is 1. The summed E-state index contributed by atoms with van der Waals surface area (Å²) in [5, 5.41) is 28.1. The molecule has 2 fully saturated rings. The van der Waals surface area contributed by atoms with Gasteiger partial charge in [0.25, 0.3) is 5.91 Å². The first-order chi connectivity index (χ1) is 33.4. The number of hydrogen-bond acceptors (Lipinski definition) is 13. The number of aromatic nitrogens is 3. The Morgan fingerprint density at radius 3 is 2.44 bits per heavy atom. The number of benzene rings is 2. The summed E-state index contributed by atoms with van der Waals surface area (Å²) in [6.07, 6.45) is 3.71. The number of aryl methyl sites for hydroxylation is 2. The number of aliphatic carboxylic acids is 1. The number of aliphatic hydroxyl groups excluding tert-OH is 1. The molecule has 70 heavy (non-hydrogen) atoms. The van der Waals surface area contributed by atoms with Gasteiger partial charge >= 0.3 is 18.2 Å². The second-order valence-electron chi connectivity index (χ2n) is 20.3. The van der Waals surface area contributed by atoms with Crippen LogP contribution in [0.25, 0.3) is 33.4 Å². The van der Waals surface area contributed by atoms with Crippen molar-refractivity contribution in [1.82, 2.24) is 35.2 Å². The van der Waals surface area contributed by atoms with Gasteiger partial charge in [-0.2, -0.15) is 0 Å². The zero-order valence-electron chi connectivity index (χ0n) is 41.2. The predicted octanol–water partition coefficient (Wildman–Crippen LogP) is 7.52. The number of carbonyl (C=O) groups is 4. The van der Waals surface area contributed by atoms with Gasteiger partial charge in [-0.05, 0) is 100 Å². The lowest BCUT2D eigenvalue weighted by molar-refractivity contribution is -0.147. The van der Waals surface area contributed by atoms with Crippen molar-refractivity contribution < 1.29 is 43.6 Å². The number of alkyl carbamates (subject to hydrolysis) is 1. The van der Waals surface area contributed by atoms with Crippen molar-refractivity contribution >= 4 is 52.0 Å². The third kappa shape index (κ3) is 11.4. The van der Waals surface area contributed by atoms with Gasteiger partial charge in [0.05, 0.1) is 45.6 Å². The highest BCUT2D eigenvalue weighted by atomic mass is 32.1. The summed E-state index contributed by atoms with van der Waals surface area (Å²) in [6, 6.07) is 14.2. The number of ether oxygens (including phenoxy) is 3. The molecule has 18 heteroatoms. The van der Waals surface area contributed by atoms with E-state index in [2.05, 4.69) is 52.3 Å². The maximum absolute atomic E-state index is 14.0. The van der Waals surface area contributed by atoms with E-state index < -0.39 is 41.1 Å². The first-order valence-electron chi connectivity index (χ1n) is 24.2. The topological polar surface area (TPSA) is 201 Å². The number of hydrogen-bond donors (Lipinski definition) is 4. The van der Waals surface area contributed by atoms with E-state index in [0.717, 1.165) is 75.3 Å². The number of carbonyl (C=O) groups excluding carboxylic acids is 3. The zero-order chi connectivity index (χ0) is 49.9. The van der Waals surface area contributed by atoms with Gasteiger partial charge in [0.15, 0.2) is 0 Å². The summed E-state index contributed by atoms with van der Waals surface area (Å²) in [4.78, 5) is 66.3. The van der Waals surface area contributed by atoms with Crippen molar-refractivity contribution in [2.45, 2.75) is 117 Å². The van der Waals surface area contributed by atoms with Gasteiger partial charge in [-0.1, -0.05) is 44.2 Å². The highest BCUT2D eigenvalue weighted by Gasteiger charge is 2.35. The number of carboxylic acids is 1. The van der Waals surface area contributed by atoms with Crippen LogP contribution in [0.3, 0.4) is 0 Å². The van der Waals surface area contributed by atoms with Crippen LogP contribution in [0.5, 0.6) is 0 Å². The summed E-state index contributed by atoms with van der Waals surface area (Å²) >= 11 is 1.38. The number of aliphatic hydroxyl groups is 1. The Labute approximate surface area is 413 Å². The minimum absolute atomic E-state index is 0.0279. The van der Waals surface area contributed by atoms with Gasteiger partial charge in [-0.3, -0.25) is 19.6 Å². The molecule has 8 rings (SSSR count). The average molecular weight is 979 g/mol. The van der Waals surface area contributed by atoms with E-state index in [1.165, 1.54) is 21.9 Å². The van der Waals surface area contributed by atoms with Crippen LogP contribution in [-0.2, 0) is 56.2 Å². The Kier molecular flexibility index (Phi) is 15.2. The molecule has 0 spiro atoms. The molecule has 5 aromatic rings. The van der Waals surface area contributed by atoms with Gasteiger partial charge in [0.2, 0.25) is 0 Å². The maximum Gasteiger partial charge on any atom is 0.410 e. The molecule has 3 aliphatic rings. The van der Waals surface area contributed by atoms with E-state index >= 15 is 0 Å². The van der Waals surface area contributed by atoms with Gasteiger partial charge in [-0.15, -0.1) is 11.3 Å². The number of thiazole rings is 1. The number of nitrogens with zero attached hydrogens (tertiary/aromatic N) is 6. The quantitative estimate of drug-likeness (QED) is 0.0804. The van der Waals surface area contributed by atoms with E-state index in [1.807, 2.05) is 48.8 Å². The summed E-state index contributed by atoms with van der Waals surface area (Å²) < 4.78 is 19.6. The van der Waals surface area contributed by atoms with Gasteiger partial charge in [0.1, 0.15) is 24.3 Å². The molecule has 3 atom stereocenters. The third-order valence-corrected chi connectivity index (χ3v) is 14.1. The molecule has 374 valence electrons. The summed E-state index contributed by atoms with van der Waals surface area (Å²) in [7, 11) is 1.69. The monoisotopic (exact) mass is 978 g/mol. The zero-order valence-corrected chi connectivity index (χ0v) is 42.1. The second kappa shape index (κ2) is 21.1. The minimum Gasteiger partial charge on any atom is -0.480 e. The Morgan fingerprint density at radius 2 is 1.74 bits per heavy atom. The molecule has 17 nitrogen and oxygen atoms in total. The highest BCUT2D eigenvalue weighted by molar-refractivity contribution is 7.10. The fraction of sp³-hybridized carbons (Fsp3) is 0.500. The number of pyridine rings is 1. The second-order valence-corrected chi connectivity index (χ2v) is 21.3. The predicted molar refractivity (Wildman–Crippen MR) is 267 cm³/mol. The maximum atomic E-state index is 14.0. The highest BCUT2D eigenvalue weighted by Crippen LogP contribution is 2.45. The van der Waals surface area contributed by atoms with Crippen molar-refractivity contribution in [2.24, 2.45) is 5.41 Å². The van der Waals surface area contributed by atoms with Gasteiger partial charge in [0, 0.05) is 81.3 Å². The van der Waals surface area contributed by atoms with Crippen LogP contribution in [0.1, 0.15) is 94.3 Å². The van der Waals surface area contributed by atoms with Crippen molar-refractivity contribution in [2.75, 3.05) is 51.3 Å². The van der Waals surface area contributed by atoms with Crippen LogP contribution in [0, 0.1) is 5.41 Å². The van der Waals surface area contributed by atoms with E-state index in [0.29, 0.717) is 50.4 Å². The summed E-state index contributed by atoms with van der Waals surface area (Å²) in [5.41, 5.74) is 11.2. The Morgan fingerprint density at radius 1 is 0.986 bits per heavy atom. The van der Waals surface area contributed by atoms with Crippen molar-refractivity contribution in [3.05, 3.63) is 87.5 Å². The molecule has 0 unspecified atom stereocenters. The van der Waals surface area contributed by atoms with Crippen molar-refractivity contribution in [3.63, 3.8) is 0 Å². The molecule has 0 radical (unpaired) electrons. The smallest absolute Gasteiger partial charge is 0.410 e. The summed E-state index contributed by atoms with van der Waals surface area (Å²) in [5.74, 6) is -1.53. The number of methoxy groups -OCH3 is 1. The lowest BCUT2D eigenvalue weighted by atomic mass is 9.84. The Bertz CT molecular complexity index is 2710. The van der Waals surface area contributed by atoms with E-state index in [4.69, 9.17) is 24.2 Å². The van der Waals surface area contributed by atoms with Crippen molar-refractivity contribution in [3.8, 4) is 22.5 Å². The van der Waals surface area contributed by atoms with E-state index in [-0.39, 0.29) is 38.4 Å². The molecular weight excluding hydrogens is 913 g/mol. The first kappa shape index (κ1) is 50.3. The van der Waals surface area contributed by atoms with E-state index in [1.54, 1.807) is 32.8 Å². The summed E-state index contributed by atoms with van der Waals surface area (Å²) in [6.45, 7) is 14.8. The fourth-order valence-electron chi connectivity index (χ4n) is 9.55. The fourth-order valence-corrected chi connectivity index (χ4v) is 10.4. The lowest BCUT2D eigenvalue weighted by Gasteiger charge is -2.35. The normalized spacial score (nSPS) is 17.3. The lowest BCUT2D eigenvalue weighted by Crippen LogP contribution is -2.60. The molecule has 3 aromatic heterocycles. The minimum atomic E-state index is -1.08. The number of nitrogens with one attached hydrogen (secondary N) is 2. The third-order valence-electron chi connectivity index (χ3n) is 13.2. The van der Waals surface area contributed by atoms with Crippen LogP contribution >= 0.6 is 11.3 Å². The number of amides is 3. The van der Waals surface area contributed by atoms with Gasteiger partial charge in [-0.25, -0.2) is 20.0 Å². The number of piperazine rings is 1. The van der Waals surface area contributed by atoms with Crippen LogP contribution in [0.2, 0.25) is 0 Å². The molecule has 2 saturated heterocycles. The number of rotatable bonds is 15. The van der Waals surface area contributed by atoms with E-state index in [9.17, 15) is 29.4 Å². The average Bonchev–Trinajstić information content (AvgIpc) is 3.94. The first-order valence-corrected chi connectivity index (χ1v) is 25.1. The standard InChI is InChI=1S/C52H66N8O9S/c1-32(67-7)44-38(25-36(28-53-44)57-19-21-58(22-20-57)50(66)68-29-33-13-9-8-10-14-33)46-39(27-52(5,6)31-61)37-24-35(23-34-15-11-17-59(46)45(34)37)42-30-70-43(54-42)26-41(55-49(65)69-51(2,3)4)47(62)60-18-12-16-40(56-60)48(63)64/h8-10,13-14,23-25,28,30,32,40-41,56,61H,11-12,15-22,26-27,29,31H2,1-7H3,(H,55,65)(H,63,64)/t32-,40-,41-/m0/s1. The SMILES string of the molecule is CO[C@@H](C)c1ncc(N2CCN(C(=O)OCc3ccccc3)CC2)cc1-c1c(CC(C)(C)CO)c2cc(-c3csc(C[C@H](NC(=O)OC(C)(C)C)C(=O)N4CCC[C@@H](C(=O)O)N4)n3)cc3c2n1CCC3.